The summed E-state index contributed by atoms with van der Waals surface area (Å²) >= 11 is 0. The molecule has 5 nitrogen and oxygen atoms in total. The standard InChI is InChI=1S/C11H18N2O3/c14-10(15)5-6-13(9-3-4-9)11(16)12-7-8-1-2-8/h8-9H,1-7H2,(H,12,16)(H,14,15). The molecule has 0 saturated heterocycles. The van der Waals surface area contributed by atoms with Crippen molar-refractivity contribution in [2.24, 2.45) is 5.92 Å². The zero-order chi connectivity index (χ0) is 11.5. The Balaban J connectivity index is 1.75. The van der Waals surface area contributed by atoms with Crippen LogP contribution in [0.5, 0.6) is 0 Å². The molecule has 2 fully saturated rings. The minimum absolute atomic E-state index is 0.0351. The van der Waals surface area contributed by atoms with Crippen molar-refractivity contribution in [3.8, 4) is 0 Å². The van der Waals surface area contributed by atoms with E-state index in [1.165, 1.54) is 12.8 Å². The van der Waals surface area contributed by atoms with E-state index in [2.05, 4.69) is 5.32 Å². The van der Waals surface area contributed by atoms with Gasteiger partial charge in [-0.3, -0.25) is 4.79 Å². The predicted molar refractivity (Wildman–Crippen MR) is 58.1 cm³/mol. The van der Waals surface area contributed by atoms with E-state index >= 15 is 0 Å². The van der Waals surface area contributed by atoms with Gasteiger partial charge in [-0.1, -0.05) is 0 Å². The van der Waals surface area contributed by atoms with Crippen molar-refractivity contribution >= 4 is 12.0 Å². The van der Waals surface area contributed by atoms with Crippen LogP contribution in [0.1, 0.15) is 32.1 Å². The van der Waals surface area contributed by atoms with Gasteiger partial charge >= 0.3 is 12.0 Å². The third-order valence-corrected chi connectivity index (χ3v) is 3.05. The lowest BCUT2D eigenvalue weighted by Crippen LogP contribution is -2.43. The van der Waals surface area contributed by atoms with Crippen molar-refractivity contribution in [2.75, 3.05) is 13.1 Å². The monoisotopic (exact) mass is 226 g/mol. The number of amides is 2. The first-order valence-corrected chi connectivity index (χ1v) is 5.93. The topological polar surface area (TPSA) is 69.6 Å². The smallest absolute Gasteiger partial charge is 0.317 e. The van der Waals surface area contributed by atoms with Gasteiger partial charge in [0.25, 0.3) is 0 Å². The third-order valence-electron chi connectivity index (χ3n) is 3.05. The van der Waals surface area contributed by atoms with Crippen molar-refractivity contribution in [1.29, 1.82) is 0 Å². The quantitative estimate of drug-likeness (QED) is 0.711. The minimum atomic E-state index is -0.847. The van der Waals surface area contributed by atoms with E-state index in [0.29, 0.717) is 12.5 Å². The highest BCUT2D eigenvalue weighted by atomic mass is 16.4. The number of carbonyl (C=O) groups is 2. The van der Waals surface area contributed by atoms with E-state index in [1.807, 2.05) is 0 Å². The normalized spacial score (nSPS) is 19.2. The van der Waals surface area contributed by atoms with Crippen LogP contribution in [0.3, 0.4) is 0 Å². The van der Waals surface area contributed by atoms with Crippen LogP contribution in [0.15, 0.2) is 0 Å². The molecule has 2 aliphatic rings. The summed E-state index contributed by atoms with van der Waals surface area (Å²) in [5, 5.41) is 11.5. The Labute approximate surface area is 94.8 Å². The van der Waals surface area contributed by atoms with E-state index in [-0.39, 0.29) is 18.5 Å². The number of rotatable bonds is 6. The Hall–Kier alpha value is -1.26. The van der Waals surface area contributed by atoms with Crippen LogP contribution in [-0.2, 0) is 4.79 Å². The number of nitrogens with one attached hydrogen (secondary N) is 1. The predicted octanol–water partition coefficient (Wildman–Crippen LogP) is 1.05. The molecule has 90 valence electrons. The fourth-order valence-corrected chi connectivity index (χ4v) is 1.71. The molecule has 2 aliphatic carbocycles. The molecule has 2 amide bonds. The van der Waals surface area contributed by atoms with Crippen LogP contribution in [0, 0.1) is 5.92 Å². The summed E-state index contributed by atoms with van der Waals surface area (Å²) in [6, 6.07) is 0.189. The summed E-state index contributed by atoms with van der Waals surface area (Å²) in [5.41, 5.74) is 0. The third kappa shape index (κ3) is 3.40. The Bertz CT molecular complexity index is 285. The number of carboxylic acid groups (broad SMARTS) is 1. The highest BCUT2D eigenvalue weighted by molar-refractivity contribution is 5.76. The Morgan fingerprint density at radius 1 is 1.25 bits per heavy atom. The largest absolute Gasteiger partial charge is 0.481 e. The van der Waals surface area contributed by atoms with Crippen LogP contribution >= 0.6 is 0 Å². The summed E-state index contributed by atoms with van der Waals surface area (Å²) in [6.45, 7) is 1.08. The number of hydrogen-bond acceptors (Lipinski definition) is 2. The maximum absolute atomic E-state index is 11.8. The summed E-state index contributed by atoms with van der Waals surface area (Å²) < 4.78 is 0. The van der Waals surface area contributed by atoms with Gasteiger partial charge in [-0.05, 0) is 31.6 Å². The molecule has 0 aromatic heterocycles. The number of carbonyl (C=O) groups excluding carboxylic acids is 1. The van der Waals surface area contributed by atoms with Crippen LogP contribution in [-0.4, -0.2) is 41.1 Å². The van der Waals surface area contributed by atoms with Gasteiger partial charge < -0.3 is 15.3 Å². The van der Waals surface area contributed by atoms with Gasteiger partial charge in [0.15, 0.2) is 0 Å². The number of nitrogens with zero attached hydrogens (tertiary/aromatic N) is 1. The zero-order valence-electron chi connectivity index (χ0n) is 9.32. The van der Waals surface area contributed by atoms with E-state index in [4.69, 9.17) is 5.11 Å². The van der Waals surface area contributed by atoms with Gasteiger partial charge in [0, 0.05) is 19.1 Å². The SMILES string of the molecule is O=C(O)CCN(C(=O)NCC1CC1)C1CC1. The van der Waals surface area contributed by atoms with Gasteiger partial charge in [-0.2, -0.15) is 0 Å². The van der Waals surface area contributed by atoms with Crippen molar-refractivity contribution < 1.29 is 14.7 Å². The van der Waals surface area contributed by atoms with E-state index in [9.17, 15) is 9.59 Å². The average molecular weight is 226 g/mol. The molecule has 0 atom stereocenters. The summed E-state index contributed by atoms with van der Waals surface area (Å²) in [7, 11) is 0. The minimum Gasteiger partial charge on any atom is -0.481 e. The molecule has 0 aromatic rings. The number of hydrogen-bond donors (Lipinski definition) is 2. The van der Waals surface area contributed by atoms with Crippen molar-refractivity contribution in [3.63, 3.8) is 0 Å². The first-order chi connectivity index (χ1) is 7.66. The van der Waals surface area contributed by atoms with Crippen LogP contribution in [0.2, 0.25) is 0 Å². The van der Waals surface area contributed by atoms with Crippen LogP contribution in [0.25, 0.3) is 0 Å². The highest BCUT2D eigenvalue weighted by Gasteiger charge is 2.33. The molecular weight excluding hydrogens is 208 g/mol. The van der Waals surface area contributed by atoms with Gasteiger partial charge in [0.2, 0.25) is 0 Å². The fourth-order valence-electron chi connectivity index (χ4n) is 1.71. The van der Waals surface area contributed by atoms with Crippen molar-refractivity contribution in [1.82, 2.24) is 10.2 Å². The first kappa shape index (κ1) is 11.2. The molecule has 0 heterocycles. The summed E-state index contributed by atoms with van der Waals surface area (Å²) in [6.07, 6.45) is 4.47. The number of aliphatic carboxylic acids is 1. The van der Waals surface area contributed by atoms with Crippen molar-refractivity contribution in [2.45, 2.75) is 38.1 Å². The lowest BCUT2D eigenvalue weighted by molar-refractivity contribution is -0.137. The zero-order valence-corrected chi connectivity index (χ0v) is 9.32. The molecule has 2 rings (SSSR count). The Kier molecular flexibility index (Phi) is 3.31. The number of carboxylic acids is 1. The molecule has 0 aromatic carbocycles. The average Bonchev–Trinajstić information content (AvgIpc) is 3.08. The van der Waals surface area contributed by atoms with Gasteiger partial charge in [0.05, 0.1) is 6.42 Å². The maximum Gasteiger partial charge on any atom is 0.317 e. The molecule has 2 N–H and O–H groups in total. The fraction of sp³-hybridized carbons (Fsp3) is 0.818. The van der Waals surface area contributed by atoms with Crippen LogP contribution in [0.4, 0.5) is 4.79 Å². The molecule has 2 saturated carbocycles. The van der Waals surface area contributed by atoms with Crippen LogP contribution < -0.4 is 5.32 Å². The Morgan fingerprint density at radius 3 is 2.44 bits per heavy atom. The van der Waals surface area contributed by atoms with Gasteiger partial charge in [-0.25, -0.2) is 4.79 Å². The van der Waals surface area contributed by atoms with E-state index in [1.54, 1.807) is 4.90 Å². The second-order valence-electron chi connectivity index (χ2n) is 4.70. The molecular formula is C11H18N2O3. The van der Waals surface area contributed by atoms with Gasteiger partial charge in [0.1, 0.15) is 0 Å². The molecule has 0 spiro atoms. The number of urea groups is 1. The first-order valence-electron chi connectivity index (χ1n) is 5.93. The molecule has 0 aliphatic heterocycles. The second kappa shape index (κ2) is 4.72. The van der Waals surface area contributed by atoms with Crippen molar-refractivity contribution in [3.05, 3.63) is 0 Å². The molecule has 5 heteroatoms. The summed E-state index contributed by atoms with van der Waals surface area (Å²) in [4.78, 5) is 24.0. The Morgan fingerprint density at radius 2 is 1.94 bits per heavy atom. The maximum atomic E-state index is 11.8. The van der Waals surface area contributed by atoms with Gasteiger partial charge in [-0.15, -0.1) is 0 Å². The lowest BCUT2D eigenvalue weighted by Gasteiger charge is -2.22. The second-order valence-corrected chi connectivity index (χ2v) is 4.70. The summed E-state index contributed by atoms with van der Waals surface area (Å²) in [5.74, 6) is -0.190. The van der Waals surface area contributed by atoms with E-state index < -0.39 is 5.97 Å². The lowest BCUT2D eigenvalue weighted by atomic mass is 10.3. The molecule has 16 heavy (non-hydrogen) atoms. The molecule has 0 radical (unpaired) electrons. The highest BCUT2D eigenvalue weighted by Crippen LogP contribution is 2.29. The molecule has 0 unspecified atom stereocenters. The molecule has 0 bridgehead atoms. The van der Waals surface area contributed by atoms with E-state index in [0.717, 1.165) is 19.4 Å².